The summed E-state index contributed by atoms with van der Waals surface area (Å²) in [6.45, 7) is 0. The van der Waals surface area contributed by atoms with Gasteiger partial charge < -0.3 is 15.5 Å². The molecular weight excluding hydrogens is 434 g/mol. The molecule has 3 aromatic rings. The Balaban J connectivity index is 1.21. The van der Waals surface area contributed by atoms with Crippen LogP contribution in [0.5, 0.6) is 0 Å². The van der Waals surface area contributed by atoms with Crippen LogP contribution in [-0.4, -0.2) is 42.1 Å². The van der Waals surface area contributed by atoms with Gasteiger partial charge in [0.2, 0.25) is 5.95 Å². The van der Waals surface area contributed by atoms with Gasteiger partial charge in [-0.3, -0.25) is 4.79 Å². The summed E-state index contributed by atoms with van der Waals surface area (Å²) >= 11 is 0. The molecule has 1 saturated carbocycles. The molecule has 2 aliphatic carbocycles. The number of fused-ring (bicyclic) bond motifs is 1. The van der Waals surface area contributed by atoms with Gasteiger partial charge in [0, 0.05) is 37.3 Å². The van der Waals surface area contributed by atoms with Crippen molar-refractivity contribution >= 4 is 17.7 Å². The van der Waals surface area contributed by atoms with E-state index in [0.29, 0.717) is 6.04 Å². The third-order valence-electron chi connectivity index (χ3n) is 7.24. The third-order valence-corrected chi connectivity index (χ3v) is 7.24. The Bertz CT molecular complexity index is 1170. The highest BCUT2D eigenvalue weighted by Crippen LogP contribution is 2.30. The van der Waals surface area contributed by atoms with Gasteiger partial charge in [-0.25, -0.2) is 4.98 Å². The first-order chi connectivity index (χ1) is 17.1. The number of benzene rings is 2. The third kappa shape index (κ3) is 5.31. The Morgan fingerprint density at radius 1 is 0.857 bits per heavy atom. The van der Waals surface area contributed by atoms with Crippen molar-refractivity contribution in [2.45, 2.75) is 63.5 Å². The summed E-state index contributed by atoms with van der Waals surface area (Å²) in [5.41, 5.74) is 5.29. The summed E-state index contributed by atoms with van der Waals surface area (Å²) in [6, 6.07) is 18.5. The number of aromatic nitrogens is 2. The van der Waals surface area contributed by atoms with E-state index in [1.54, 1.807) is 0 Å². The SMILES string of the molecule is CN(C)c1nc(NC2CCC(NC(=O)c3ccccc3-c3ccccc3)CC2)nc2c1CCCC2. The first kappa shape index (κ1) is 23.3. The number of aryl methyl sites for hydroxylation is 1. The maximum Gasteiger partial charge on any atom is 0.252 e. The Kier molecular flexibility index (Phi) is 6.98. The number of nitrogens with zero attached hydrogens (tertiary/aromatic N) is 3. The van der Waals surface area contributed by atoms with Crippen molar-refractivity contribution in [1.29, 1.82) is 0 Å². The van der Waals surface area contributed by atoms with E-state index in [-0.39, 0.29) is 11.9 Å². The fraction of sp³-hybridized carbons (Fsp3) is 0.414. The first-order valence-corrected chi connectivity index (χ1v) is 12.9. The first-order valence-electron chi connectivity index (χ1n) is 12.9. The molecule has 2 N–H and O–H groups in total. The fourth-order valence-electron chi connectivity index (χ4n) is 5.39. The molecule has 0 atom stereocenters. The molecule has 1 heterocycles. The second kappa shape index (κ2) is 10.5. The van der Waals surface area contributed by atoms with E-state index in [0.717, 1.165) is 67.0 Å². The second-order valence-corrected chi connectivity index (χ2v) is 9.98. The molecule has 0 radical (unpaired) electrons. The van der Waals surface area contributed by atoms with Crippen LogP contribution in [0.25, 0.3) is 11.1 Å². The maximum atomic E-state index is 13.2. The smallest absolute Gasteiger partial charge is 0.252 e. The quantitative estimate of drug-likeness (QED) is 0.517. The molecule has 182 valence electrons. The van der Waals surface area contributed by atoms with Crippen LogP contribution in [-0.2, 0) is 12.8 Å². The average molecular weight is 470 g/mol. The van der Waals surface area contributed by atoms with Crippen LogP contribution in [0.2, 0.25) is 0 Å². The number of hydrogen-bond acceptors (Lipinski definition) is 5. The minimum absolute atomic E-state index is 0.00880. The van der Waals surface area contributed by atoms with Crippen LogP contribution in [0.4, 0.5) is 11.8 Å². The molecule has 1 aromatic heterocycles. The second-order valence-electron chi connectivity index (χ2n) is 9.98. The van der Waals surface area contributed by atoms with Crippen LogP contribution in [0.15, 0.2) is 54.6 Å². The molecule has 6 nitrogen and oxygen atoms in total. The van der Waals surface area contributed by atoms with Crippen LogP contribution < -0.4 is 15.5 Å². The minimum atomic E-state index is 0.00880. The van der Waals surface area contributed by atoms with E-state index in [1.807, 2.05) is 54.6 Å². The predicted molar refractivity (Wildman–Crippen MR) is 142 cm³/mol. The lowest BCUT2D eigenvalue weighted by Crippen LogP contribution is -2.40. The standard InChI is InChI=1S/C29H35N5O/c1-34(2)27-25-14-8-9-15-26(25)32-29(33-27)31-22-18-16-21(17-19-22)30-28(35)24-13-7-6-12-23(24)20-10-4-3-5-11-20/h3-7,10-13,21-22H,8-9,14-19H2,1-2H3,(H,30,35)(H,31,32,33). The normalized spacial score (nSPS) is 19.5. The van der Waals surface area contributed by atoms with Crippen LogP contribution >= 0.6 is 0 Å². The zero-order valence-electron chi connectivity index (χ0n) is 20.8. The van der Waals surface area contributed by atoms with Crippen molar-refractivity contribution in [2.24, 2.45) is 0 Å². The summed E-state index contributed by atoms with van der Waals surface area (Å²) in [6.07, 6.45) is 8.40. The van der Waals surface area contributed by atoms with Gasteiger partial charge in [0.15, 0.2) is 0 Å². The van der Waals surface area contributed by atoms with Crippen molar-refractivity contribution in [3.8, 4) is 11.1 Å². The summed E-state index contributed by atoms with van der Waals surface area (Å²) in [4.78, 5) is 25.0. The monoisotopic (exact) mass is 469 g/mol. The number of rotatable bonds is 6. The summed E-state index contributed by atoms with van der Waals surface area (Å²) in [7, 11) is 4.12. The highest BCUT2D eigenvalue weighted by molar-refractivity contribution is 6.01. The van der Waals surface area contributed by atoms with Crippen LogP contribution in [0.3, 0.4) is 0 Å². The fourth-order valence-corrected chi connectivity index (χ4v) is 5.39. The molecule has 1 fully saturated rings. The number of anilines is 2. The van der Waals surface area contributed by atoms with Crippen LogP contribution in [0, 0.1) is 0 Å². The number of carbonyl (C=O) groups is 1. The van der Waals surface area contributed by atoms with Gasteiger partial charge in [0.05, 0.1) is 5.69 Å². The Labute approximate surface area is 208 Å². The van der Waals surface area contributed by atoms with E-state index >= 15 is 0 Å². The van der Waals surface area contributed by atoms with Crippen molar-refractivity contribution in [2.75, 3.05) is 24.3 Å². The molecule has 0 aliphatic heterocycles. The van der Waals surface area contributed by atoms with Gasteiger partial charge in [-0.1, -0.05) is 48.5 Å². The Morgan fingerprint density at radius 3 is 2.31 bits per heavy atom. The van der Waals surface area contributed by atoms with E-state index < -0.39 is 0 Å². The average Bonchev–Trinajstić information content (AvgIpc) is 2.90. The highest BCUT2D eigenvalue weighted by Gasteiger charge is 2.25. The summed E-state index contributed by atoms with van der Waals surface area (Å²) in [5.74, 6) is 1.81. The van der Waals surface area contributed by atoms with E-state index in [9.17, 15) is 4.79 Å². The topological polar surface area (TPSA) is 70.2 Å². The molecule has 0 unspecified atom stereocenters. The summed E-state index contributed by atoms with van der Waals surface area (Å²) in [5, 5.41) is 6.89. The molecule has 0 saturated heterocycles. The van der Waals surface area contributed by atoms with Gasteiger partial charge in [0.1, 0.15) is 5.82 Å². The van der Waals surface area contributed by atoms with Crippen molar-refractivity contribution < 1.29 is 4.79 Å². The molecule has 2 aromatic carbocycles. The van der Waals surface area contributed by atoms with Crippen molar-refractivity contribution in [3.05, 3.63) is 71.4 Å². The number of hydrogen-bond donors (Lipinski definition) is 2. The minimum Gasteiger partial charge on any atom is -0.362 e. The predicted octanol–water partition coefficient (Wildman–Crippen LogP) is 5.24. The largest absolute Gasteiger partial charge is 0.362 e. The molecule has 2 aliphatic rings. The van der Waals surface area contributed by atoms with Gasteiger partial charge in [-0.15, -0.1) is 0 Å². The zero-order chi connectivity index (χ0) is 24.2. The molecule has 6 heteroatoms. The van der Waals surface area contributed by atoms with E-state index in [2.05, 4.69) is 29.6 Å². The molecule has 0 bridgehead atoms. The van der Waals surface area contributed by atoms with Gasteiger partial charge in [0.25, 0.3) is 5.91 Å². The van der Waals surface area contributed by atoms with Gasteiger partial charge >= 0.3 is 0 Å². The van der Waals surface area contributed by atoms with Crippen molar-refractivity contribution in [1.82, 2.24) is 15.3 Å². The highest BCUT2D eigenvalue weighted by atomic mass is 16.1. The van der Waals surface area contributed by atoms with Gasteiger partial charge in [-0.2, -0.15) is 4.98 Å². The number of amides is 1. The Hall–Kier alpha value is -3.41. The lowest BCUT2D eigenvalue weighted by molar-refractivity contribution is 0.0927. The lowest BCUT2D eigenvalue weighted by atomic mass is 9.90. The summed E-state index contributed by atoms with van der Waals surface area (Å²) < 4.78 is 0. The maximum absolute atomic E-state index is 13.2. The number of nitrogens with one attached hydrogen (secondary N) is 2. The van der Waals surface area contributed by atoms with E-state index in [4.69, 9.17) is 9.97 Å². The molecule has 35 heavy (non-hydrogen) atoms. The molecule has 0 spiro atoms. The Morgan fingerprint density at radius 2 is 1.54 bits per heavy atom. The molecular formula is C29H35N5O. The van der Waals surface area contributed by atoms with Crippen molar-refractivity contribution in [3.63, 3.8) is 0 Å². The zero-order valence-corrected chi connectivity index (χ0v) is 20.8. The van der Waals surface area contributed by atoms with E-state index in [1.165, 1.54) is 24.1 Å². The lowest BCUT2D eigenvalue weighted by Gasteiger charge is -2.30. The van der Waals surface area contributed by atoms with Crippen LogP contribution in [0.1, 0.15) is 60.1 Å². The number of carbonyl (C=O) groups excluding carboxylic acids is 1. The van der Waals surface area contributed by atoms with Gasteiger partial charge in [-0.05, 0) is 68.6 Å². The molecule has 5 rings (SSSR count). The molecule has 1 amide bonds.